The Kier molecular flexibility index (Phi) is 4.18. The van der Waals surface area contributed by atoms with Crippen LogP contribution in [0.4, 0.5) is 0 Å². The Morgan fingerprint density at radius 3 is 3.11 bits per heavy atom. The lowest BCUT2D eigenvalue weighted by Crippen LogP contribution is -2.13. The van der Waals surface area contributed by atoms with Gasteiger partial charge in [0.05, 0.1) is 6.54 Å². The van der Waals surface area contributed by atoms with Crippen molar-refractivity contribution in [2.45, 2.75) is 19.9 Å². The maximum atomic E-state index is 9.38. The fourth-order valence-electron chi connectivity index (χ4n) is 1.95. The molecule has 0 aliphatic carbocycles. The number of phenols is 1. The third-order valence-electron chi connectivity index (χ3n) is 2.86. The van der Waals surface area contributed by atoms with Gasteiger partial charge < -0.3 is 10.4 Å². The maximum Gasteiger partial charge on any atom is 0.115 e. The standard InChI is InChI=1S/C16H18N2O/c1-12(2)16-14(6-4-8-18-16)11-17-10-13-5-3-7-15(19)9-13/h3-5,7-9,11,18-19H,1,6,10H2,2H3. The third-order valence-corrected chi connectivity index (χ3v) is 2.86. The number of hydrogen-bond acceptors (Lipinski definition) is 3. The molecule has 3 nitrogen and oxygen atoms in total. The second kappa shape index (κ2) is 6.05. The first-order valence-corrected chi connectivity index (χ1v) is 6.25. The zero-order valence-electron chi connectivity index (χ0n) is 11.1. The minimum Gasteiger partial charge on any atom is -0.508 e. The number of phenolic OH excluding ortho intramolecular Hbond substituents is 1. The highest BCUT2D eigenvalue weighted by molar-refractivity contribution is 5.81. The molecule has 2 N–H and O–H groups in total. The molecule has 1 aromatic rings. The van der Waals surface area contributed by atoms with E-state index >= 15 is 0 Å². The summed E-state index contributed by atoms with van der Waals surface area (Å²) in [5.41, 5.74) is 4.17. The first kappa shape index (κ1) is 13.1. The number of aromatic hydroxyl groups is 1. The van der Waals surface area contributed by atoms with Crippen LogP contribution >= 0.6 is 0 Å². The van der Waals surface area contributed by atoms with Crippen LogP contribution in [-0.4, -0.2) is 11.3 Å². The normalized spacial score (nSPS) is 14.8. The molecule has 0 atom stereocenters. The van der Waals surface area contributed by atoms with E-state index in [-0.39, 0.29) is 5.75 Å². The van der Waals surface area contributed by atoms with Crippen molar-refractivity contribution in [3.05, 3.63) is 65.5 Å². The van der Waals surface area contributed by atoms with Gasteiger partial charge in [0, 0.05) is 11.9 Å². The lowest BCUT2D eigenvalue weighted by molar-refractivity contribution is 0.474. The Balaban J connectivity index is 2.07. The Bertz CT molecular complexity index is 568. The molecular weight excluding hydrogens is 236 g/mol. The van der Waals surface area contributed by atoms with Gasteiger partial charge in [-0.2, -0.15) is 0 Å². The molecule has 1 aliphatic rings. The smallest absolute Gasteiger partial charge is 0.115 e. The van der Waals surface area contributed by atoms with E-state index in [0.717, 1.165) is 28.8 Å². The summed E-state index contributed by atoms with van der Waals surface area (Å²) >= 11 is 0. The summed E-state index contributed by atoms with van der Waals surface area (Å²) in [6.45, 7) is 6.50. The Morgan fingerprint density at radius 1 is 1.53 bits per heavy atom. The zero-order valence-corrected chi connectivity index (χ0v) is 11.1. The van der Waals surface area contributed by atoms with E-state index in [1.165, 1.54) is 0 Å². The lowest BCUT2D eigenvalue weighted by atomic mass is 10.0. The van der Waals surface area contributed by atoms with Crippen LogP contribution in [0.5, 0.6) is 5.75 Å². The fraction of sp³-hybridized carbons (Fsp3) is 0.188. The maximum absolute atomic E-state index is 9.38. The predicted molar refractivity (Wildman–Crippen MR) is 79.0 cm³/mol. The van der Waals surface area contributed by atoms with Crippen LogP contribution < -0.4 is 5.32 Å². The van der Waals surface area contributed by atoms with Gasteiger partial charge in [0.15, 0.2) is 0 Å². The molecule has 0 amide bonds. The van der Waals surface area contributed by atoms with Crippen molar-refractivity contribution >= 4 is 6.21 Å². The molecule has 3 heteroatoms. The number of allylic oxidation sites excluding steroid dienone is 3. The van der Waals surface area contributed by atoms with Gasteiger partial charge in [-0.15, -0.1) is 0 Å². The average molecular weight is 254 g/mol. The summed E-state index contributed by atoms with van der Waals surface area (Å²) < 4.78 is 0. The fourth-order valence-corrected chi connectivity index (χ4v) is 1.95. The quantitative estimate of drug-likeness (QED) is 0.810. The molecular formula is C16H18N2O. The van der Waals surface area contributed by atoms with Crippen LogP contribution in [0.1, 0.15) is 18.9 Å². The molecule has 0 spiro atoms. The van der Waals surface area contributed by atoms with Crippen molar-refractivity contribution < 1.29 is 5.11 Å². The zero-order chi connectivity index (χ0) is 13.7. The second-order valence-corrected chi connectivity index (χ2v) is 4.57. The van der Waals surface area contributed by atoms with Crippen LogP contribution in [0.25, 0.3) is 0 Å². The minimum atomic E-state index is 0.275. The SMILES string of the molecule is C=C(C)C1=C(C=NCc2cccc(O)c2)CC=CN1. The van der Waals surface area contributed by atoms with Crippen LogP contribution in [-0.2, 0) is 6.54 Å². The molecule has 0 aromatic heterocycles. The molecule has 0 fully saturated rings. The topological polar surface area (TPSA) is 44.6 Å². The second-order valence-electron chi connectivity index (χ2n) is 4.57. The Hall–Kier alpha value is -2.29. The van der Waals surface area contributed by atoms with Crippen LogP contribution in [0.3, 0.4) is 0 Å². The molecule has 0 bridgehead atoms. The third kappa shape index (κ3) is 3.58. The predicted octanol–water partition coefficient (Wildman–Crippen LogP) is 3.30. The van der Waals surface area contributed by atoms with Gasteiger partial charge in [-0.05, 0) is 48.4 Å². The Morgan fingerprint density at radius 2 is 2.37 bits per heavy atom. The molecule has 1 heterocycles. The van der Waals surface area contributed by atoms with E-state index in [4.69, 9.17) is 0 Å². The molecule has 0 saturated carbocycles. The number of nitrogens with one attached hydrogen (secondary N) is 1. The molecule has 0 unspecified atom stereocenters. The molecule has 98 valence electrons. The van der Waals surface area contributed by atoms with Crippen molar-refractivity contribution in [2.24, 2.45) is 4.99 Å². The number of hydrogen-bond donors (Lipinski definition) is 2. The monoisotopic (exact) mass is 254 g/mol. The van der Waals surface area contributed by atoms with Crippen LogP contribution in [0, 0.1) is 0 Å². The number of rotatable bonds is 4. The number of dihydropyridines is 1. The van der Waals surface area contributed by atoms with Gasteiger partial charge in [0.1, 0.15) is 5.75 Å². The van der Waals surface area contributed by atoms with E-state index in [1.54, 1.807) is 12.1 Å². The van der Waals surface area contributed by atoms with E-state index in [0.29, 0.717) is 6.54 Å². The van der Waals surface area contributed by atoms with Gasteiger partial charge in [0.25, 0.3) is 0 Å². The van der Waals surface area contributed by atoms with Crippen LogP contribution in [0.2, 0.25) is 0 Å². The van der Waals surface area contributed by atoms with Crippen molar-refractivity contribution in [1.82, 2.24) is 5.32 Å². The summed E-state index contributed by atoms with van der Waals surface area (Å²) in [5.74, 6) is 0.275. The van der Waals surface area contributed by atoms with Crippen molar-refractivity contribution in [2.75, 3.05) is 0 Å². The van der Waals surface area contributed by atoms with E-state index in [9.17, 15) is 5.11 Å². The number of aliphatic imine (C=N–C) groups is 1. The number of nitrogens with zero attached hydrogens (tertiary/aromatic N) is 1. The van der Waals surface area contributed by atoms with Gasteiger partial charge in [-0.25, -0.2) is 0 Å². The van der Waals surface area contributed by atoms with E-state index < -0.39 is 0 Å². The van der Waals surface area contributed by atoms with Gasteiger partial charge in [0.2, 0.25) is 0 Å². The van der Waals surface area contributed by atoms with Gasteiger partial charge >= 0.3 is 0 Å². The largest absolute Gasteiger partial charge is 0.508 e. The van der Waals surface area contributed by atoms with Crippen molar-refractivity contribution in [1.29, 1.82) is 0 Å². The highest BCUT2D eigenvalue weighted by Gasteiger charge is 2.06. The summed E-state index contributed by atoms with van der Waals surface area (Å²) in [6, 6.07) is 7.16. The molecule has 2 rings (SSSR count). The van der Waals surface area contributed by atoms with Gasteiger partial charge in [-0.3, -0.25) is 4.99 Å². The Labute approximate surface area is 113 Å². The highest BCUT2D eigenvalue weighted by atomic mass is 16.3. The molecule has 0 radical (unpaired) electrons. The molecule has 1 aromatic carbocycles. The molecule has 0 saturated heterocycles. The number of benzene rings is 1. The summed E-state index contributed by atoms with van der Waals surface area (Å²) in [7, 11) is 0. The summed E-state index contributed by atoms with van der Waals surface area (Å²) in [4.78, 5) is 4.43. The van der Waals surface area contributed by atoms with Crippen molar-refractivity contribution in [3.63, 3.8) is 0 Å². The lowest BCUT2D eigenvalue weighted by Gasteiger charge is -2.15. The van der Waals surface area contributed by atoms with Gasteiger partial charge in [-0.1, -0.05) is 24.8 Å². The summed E-state index contributed by atoms with van der Waals surface area (Å²) in [6.07, 6.45) is 6.72. The first-order chi connectivity index (χ1) is 9.16. The van der Waals surface area contributed by atoms with Crippen LogP contribution in [0.15, 0.2) is 65.0 Å². The minimum absolute atomic E-state index is 0.275. The van der Waals surface area contributed by atoms with Crippen molar-refractivity contribution in [3.8, 4) is 5.75 Å². The molecule has 19 heavy (non-hydrogen) atoms. The highest BCUT2D eigenvalue weighted by Crippen LogP contribution is 2.17. The van der Waals surface area contributed by atoms with E-state index in [1.807, 2.05) is 31.5 Å². The van der Waals surface area contributed by atoms with E-state index in [2.05, 4.69) is 23.0 Å². The summed E-state index contributed by atoms with van der Waals surface area (Å²) in [5, 5.41) is 12.6. The average Bonchev–Trinajstić information content (AvgIpc) is 2.39. The first-order valence-electron chi connectivity index (χ1n) is 6.25. The molecule has 1 aliphatic heterocycles.